The molecule has 0 saturated carbocycles. The number of aliphatic imine (C=N–C) groups is 1. The molecule has 1 heterocycles. The van der Waals surface area contributed by atoms with Gasteiger partial charge in [0.05, 0.1) is 13.7 Å². The van der Waals surface area contributed by atoms with Gasteiger partial charge in [-0.2, -0.15) is 0 Å². The van der Waals surface area contributed by atoms with Crippen molar-refractivity contribution in [2.45, 2.75) is 38.6 Å². The van der Waals surface area contributed by atoms with Gasteiger partial charge in [-0.25, -0.2) is 4.99 Å². The molecule has 0 aromatic heterocycles. The molecular weight excluding hydrogens is 489 g/mol. The molecule has 0 atom stereocenters. The zero-order chi connectivity index (χ0) is 20.5. The molecule has 164 valence electrons. The number of guanidine groups is 1. The number of hydrogen-bond donors (Lipinski definition) is 2. The minimum atomic E-state index is 0. The van der Waals surface area contributed by atoms with Crippen LogP contribution in [0.3, 0.4) is 0 Å². The summed E-state index contributed by atoms with van der Waals surface area (Å²) in [4.78, 5) is 4.82. The number of ether oxygens (including phenoxy) is 2. The number of aryl methyl sites for hydroxylation is 1. The first-order valence-electron chi connectivity index (χ1n) is 10.5. The molecule has 30 heavy (non-hydrogen) atoms. The third-order valence-corrected chi connectivity index (χ3v) is 5.76. The van der Waals surface area contributed by atoms with Crippen molar-refractivity contribution in [3.8, 4) is 5.75 Å². The van der Waals surface area contributed by atoms with Crippen molar-refractivity contribution in [3.63, 3.8) is 0 Å². The molecule has 1 saturated heterocycles. The van der Waals surface area contributed by atoms with E-state index in [1.54, 1.807) is 7.11 Å². The van der Waals surface area contributed by atoms with Crippen LogP contribution in [0, 0.1) is 6.92 Å². The van der Waals surface area contributed by atoms with Crippen LogP contribution >= 0.6 is 24.0 Å². The maximum atomic E-state index is 5.67. The number of nitrogens with zero attached hydrogens (tertiary/aromatic N) is 1. The Morgan fingerprint density at radius 1 is 1.07 bits per heavy atom. The molecule has 0 bridgehead atoms. The van der Waals surface area contributed by atoms with Gasteiger partial charge in [0.1, 0.15) is 5.75 Å². The van der Waals surface area contributed by atoms with E-state index in [9.17, 15) is 0 Å². The fourth-order valence-corrected chi connectivity index (χ4v) is 3.82. The lowest BCUT2D eigenvalue weighted by Crippen LogP contribution is -2.48. The normalized spacial score (nSPS) is 15.8. The molecule has 0 radical (unpaired) electrons. The zero-order valence-electron chi connectivity index (χ0n) is 18.2. The van der Waals surface area contributed by atoms with Crippen molar-refractivity contribution in [1.29, 1.82) is 0 Å². The largest absolute Gasteiger partial charge is 0.497 e. The van der Waals surface area contributed by atoms with E-state index in [0.29, 0.717) is 6.54 Å². The summed E-state index contributed by atoms with van der Waals surface area (Å²) >= 11 is 0. The fourth-order valence-electron chi connectivity index (χ4n) is 3.82. The van der Waals surface area contributed by atoms with Crippen molar-refractivity contribution in [2.24, 2.45) is 4.99 Å². The summed E-state index contributed by atoms with van der Waals surface area (Å²) in [6.07, 6.45) is 1.98. The van der Waals surface area contributed by atoms with Crippen molar-refractivity contribution in [1.82, 2.24) is 10.6 Å². The van der Waals surface area contributed by atoms with Crippen LogP contribution in [-0.4, -0.2) is 39.4 Å². The second-order valence-corrected chi connectivity index (χ2v) is 7.60. The first kappa shape index (κ1) is 24.5. The van der Waals surface area contributed by atoms with Crippen LogP contribution < -0.4 is 15.4 Å². The topological polar surface area (TPSA) is 54.9 Å². The quantitative estimate of drug-likeness (QED) is 0.321. The van der Waals surface area contributed by atoms with E-state index in [0.717, 1.165) is 50.9 Å². The summed E-state index contributed by atoms with van der Waals surface area (Å²) in [6.45, 7) is 8.11. The Kier molecular flexibility index (Phi) is 9.91. The predicted octanol–water partition coefficient (Wildman–Crippen LogP) is 4.43. The third kappa shape index (κ3) is 6.35. The molecule has 0 unspecified atom stereocenters. The van der Waals surface area contributed by atoms with Gasteiger partial charge < -0.3 is 20.1 Å². The minimum absolute atomic E-state index is 0. The summed E-state index contributed by atoms with van der Waals surface area (Å²) in [5, 5.41) is 6.99. The average Bonchev–Trinajstić information content (AvgIpc) is 2.77. The zero-order valence-corrected chi connectivity index (χ0v) is 20.6. The van der Waals surface area contributed by atoms with E-state index in [1.165, 1.54) is 16.7 Å². The van der Waals surface area contributed by atoms with Crippen LogP contribution in [0.1, 0.15) is 36.5 Å². The maximum Gasteiger partial charge on any atom is 0.191 e. The maximum absolute atomic E-state index is 5.67. The van der Waals surface area contributed by atoms with E-state index >= 15 is 0 Å². The van der Waals surface area contributed by atoms with Gasteiger partial charge in [0, 0.05) is 31.7 Å². The van der Waals surface area contributed by atoms with Gasteiger partial charge in [0.2, 0.25) is 0 Å². The Labute approximate surface area is 197 Å². The molecule has 2 aromatic carbocycles. The Bertz CT molecular complexity index is 802. The summed E-state index contributed by atoms with van der Waals surface area (Å²) < 4.78 is 11.0. The fraction of sp³-hybridized carbons (Fsp3) is 0.458. The van der Waals surface area contributed by atoms with Gasteiger partial charge in [-0.3, -0.25) is 0 Å². The first-order chi connectivity index (χ1) is 14.2. The standard InChI is InChI=1S/C24H33N3O2.HI/c1-4-25-23(26-17-20-8-6-5-7-19(20)2)27-18-24(13-15-29-16-14-24)21-9-11-22(28-3)12-10-21;/h5-12H,4,13-18H2,1-3H3,(H2,25,26,27);1H. The Hall–Kier alpha value is -1.80. The molecule has 1 fully saturated rings. The van der Waals surface area contributed by atoms with Crippen LogP contribution in [-0.2, 0) is 16.7 Å². The predicted molar refractivity (Wildman–Crippen MR) is 134 cm³/mol. The van der Waals surface area contributed by atoms with Crippen LogP contribution in [0.15, 0.2) is 53.5 Å². The van der Waals surface area contributed by atoms with Gasteiger partial charge in [0.15, 0.2) is 5.96 Å². The lowest BCUT2D eigenvalue weighted by molar-refractivity contribution is 0.0513. The highest BCUT2D eigenvalue weighted by Gasteiger charge is 2.34. The SMILES string of the molecule is CCNC(=NCc1ccccc1C)NCC1(c2ccc(OC)cc2)CCOCC1.I. The van der Waals surface area contributed by atoms with Crippen molar-refractivity contribution in [2.75, 3.05) is 33.4 Å². The highest BCUT2D eigenvalue weighted by molar-refractivity contribution is 14.0. The van der Waals surface area contributed by atoms with Crippen LogP contribution in [0.4, 0.5) is 0 Å². The van der Waals surface area contributed by atoms with Gasteiger partial charge in [0.25, 0.3) is 0 Å². The van der Waals surface area contributed by atoms with Crippen molar-refractivity contribution < 1.29 is 9.47 Å². The average molecular weight is 523 g/mol. The molecule has 3 rings (SSSR count). The Morgan fingerprint density at radius 2 is 1.77 bits per heavy atom. The molecule has 0 amide bonds. The van der Waals surface area contributed by atoms with Crippen LogP contribution in [0.25, 0.3) is 0 Å². The lowest BCUT2D eigenvalue weighted by Gasteiger charge is -2.38. The van der Waals surface area contributed by atoms with Gasteiger partial charge in [-0.15, -0.1) is 24.0 Å². The highest BCUT2D eigenvalue weighted by Crippen LogP contribution is 2.35. The third-order valence-electron chi connectivity index (χ3n) is 5.76. The van der Waals surface area contributed by atoms with Gasteiger partial charge in [-0.05, 0) is 55.5 Å². The second-order valence-electron chi connectivity index (χ2n) is 7.60. The van der Waals surface area contributed by atoms with Crippen LogP contribution in [0.5, 0.6) is 5.75 Å². The van der Waals surface area contributed by atoms with E-state index in [1.807, 2.05) is 12.1 Å². The smallest absolute Gasteiger partial charge is 0.191 e. The van der Waals surface area contributed by atoms with E-state index < -0.39 is 0 Å². The number of halogens is 1. The number of benzene rings is 2. The monoisotopic (exact) mass is 523 g/mol. The molecule has 0 aliphatic carbocycles. The minimum Gasteiger partial charge on any atom is -0.497 e. The molecular formula is C24H34IN3O2. The summed E-state index contributed by atoms with van der Waals surface area (Å²) in [5.41, 5.74) is 3.87. The molecule has 2 N–H and O–H groups in total. The second kappa shape index (κ2) is 12.2. The summed E-state index contributed by atoms with van der Waals surface area (Å²) in [7, 11) is 1.70. The van der Waals surface area contributed by atoms with Gasteiger partial charge >= 0.3 is 0 Å². The molecule has 1 aliphatic heterocycles. The van der Waals surface area contributed by atoms with Crippen molar-refractivity contribution in [3.05, 3.63) is 65.2 Å². The lowest BCUT2D eigenvalue weighted by atomic mass is 9.74. The number of rotatable bonds is 7. The molecule has 2 aromatic rings. The molecule has 5 nitrogen and oxygen atoms in total. The number of hydrogen-bond acceptors (Lipinski definition) is 3. The molecule has 1 aliphatic rings. The Morgan fingerprint density at radius 3 is 2.40 bits per heavy atom. The first-order valence-corrected chi connectivity index (χ1v) is 10.5. The Balaban J connectivity index is 0.00000320. The number of nitrogens with one attached hydrogen (secondary N) is 2. The van der Waals surface area contributed by atoms with E-state index in [4.69, 9.17) is 14.5 Å². The van der Waals surface area contributed by atoms with Crippen LogP contribution in [0.2, 0.25) is 0 Å². The van der Waals surface area contributed by atoms with Crippen molar-refractivity contribution >= 4 is 29.9 Å². The number of methoxy groups -OCH3 is 1. The summed E-state index contributed by atoms with van der Waals surface area (Å²) in [5.74, 6) is 1.74. The van der Waals surface area contributed by atoms with Gasteiger partial charge in [-0.1, -0.05) is 36.4 Å². The van der Waals surface area contributed by atoms with E-state index in [2.05, 4.69) is 60.9 Å². The molecule has 0 spiro atoms. The summed E-state index contributed by atoms with van der Waals surface area (Å²) in [6, 6.07) is 16.9. The highest BCUT2D eigenvalue weighted by atomic mass is 127. The van der Waals surface area contributed by atoms with E-state index in [-0.39, 0.29) is 29.4 Å². The molecule has 6 heteroatoms.